The van der Waals surface area contributed by atoms with Gasteiger partial charge in [-0.1, -0.05) is 152 Å². The van der Waals surface area contributed by atoms with Crippen molar-refractivity contribution in [2.24, 2.45) is 0 Å². The first-order chi connectivity index (χ1) is 30.9. The molecule has 0 aliphatic carbocycles. The maximum Gasteiger partial charge on any atom is 0.234 e. The average molecular weight is 1160 g/mol. The van der Waals surface area contributed by atoms with E-state index in [4.69, 9.17) is 43.4 Å². The second-order valence-electron chi connectivity index (χ2n) is 22.7. The third-order valence-corrected chi connectivity index (χ3v) is 33.5. The molecular weight excluding hydrogens is 1060 g/mol. The van der Waals surface area contributed by atoms with Gasteiger partial charge in [0, 0.05) is 14.2 Å². The highest BCUT2D eigenvalue weighted by atomic mass is 35.6. The molecule has 394 valence electrons. The van der Waals surface area contributed by atoms with Crippen LogP contribution >= 0.6 is 22.2 Å². The quantitative estimate of drug-likeness (QED) is 0.106. The van der Waals surface area contributed by atoms with Gasteiger partial charge in [-0.15, -0.1) is 32.9 Å². The molecular formula is C52H102Cl2O5Si10. The molecule has 0 saturated heterocycles. The van der Waals surface area contributed by atoms with Crippen LogP contribution in [0.4, 0.5) is 0 Å². The molecule has 0 N–H and O–H groups in total. The first-order valence-corrected chi connectivity index (χ1v) is 56.5. The number of hydrogen-bond donors (Lipinski definition) is 0. The van der Waals surface area contributed by atoms with Crippen molar-refractivity contribution in [3.8, 4) is 0 Å². The van der Waals surface area contributed by atoms with Crippen LogP contribution in [-0.2, 0) is 21.2 Å². The van der Waals surface area contributed by atoms with Crippen LogP contribution in [0, 0.1) is 0 Å². The Kier molecular flexibility index (Phi) is 36.3. The van der Waals surface area contributed by atoms with Gasteiger partial charge in [-0.3, -0.25) is 0 Å². The molecule has 0 saturated carbocycles. The number of benzene rings is 3. The van der Waals surface area contributed by atoms with Crippen molar-refractivity contribution in [3.63, 3.8) is 0 Å². The predicted octanol–water partition coefficient (Wildman–Crippen LogP) is 16.4. The second-order valence-corrected chi connectivity index (χ2v) is 69.9. The molecule has 0 aliphatic rings. The molecule has 17 heteroatoms. The highest BCUT2D eigenvalue weighted by molar-refractivity contribution is 7.21. The molecule has 0 amide bonds. The Balaban J connectivity index is -0.000000382. The molecule has 3 rings (SSSR count). The van der Waals surface area contributed by atoms with Gasteiger partial charge in [0.25, 0.3) is 0 Å². The van der Waals surface area contributed by atoms with Crippen molar-refractivity contribution < 1.29 is 21.2 Å². The van der Waals surface area contributed by atoms with Gasteiger partial charge in [0.1, 0.15) is 7.38 Å². The van der Waals surface area contributed by atoms with E-state index in [0.717, 1.165) is 0 Å². The minimum atomic E-state index is -2.18. The third-order valence-electron chi connectivity index (χ3n) is 9.10. The fourth-order valence-corrected chi connectivity index (χ4v) is 27.0. The summed E-state index contributed by atoms with van der Waals surface area (Å²) in [7, 11) is -11.6. The lowest BCUT2D eigenvalue weighted by atomic mass is 10.4. The fourth-order valence-electron chi connectivity index (χ4n) is 5.05. The highest BCUT2D eigenvalue weighted by Gasteiger charge is 2.39. The Morgan fingerprint density at radius 3 is 0.754 bits per heavy atom. The number of rotatable bonds is 16. The first-order valence-electron chi connectivity index (χ1n) is 23.8. The first kappa shape index (κ1) is 74.4. The Labute approximate surface area is 447 Å². The summed E-state index contributed by atoms with van der Waals surface area (Å²) in [6.45, 7) is 66.9. The molecule has 0 aliphatic heterocycles. The minimum Gasteiger partial charge on any atom is -0.456 e. The maximum atomic E-state index is 6.74. The van der Waals surface area contributed by atoms with E-state index in [1.165, 1.54) is 15.6 Å². The molecule has 2 atom stereocenters. The minimum absolute atomic E-state index is 1.13. The van der Waals surface area contributed by atoms with Gasteiger partial charge in [0.2, 0.25) is 25.0 Å². The molecule has 0 fully saturated rings. The van der Waals surface area contributed by atoms with Gasteiger partial charge in [-0.25, -0.2) is 0 Å². The standard InChI is InChI=1S/C18H22OSi2.C9H14OSi.C8H18OSi2.C6H18OSi2.C4H9ClSi.C4H12OSi.C3H9ClSi/c1-5-20(3,17-13-9-7-10-14-17)19-21(4,6-2)18-15-11-8-12-16-18;1-10-11(2,3)9-7-5-4-6-8-9;1-7-10(3,4)9-11(5,6)8-2;1-8(2,3)7-9(4,5)6;1-4-6(2,3)5;1-5-6(2,3)4;1-5(2,3)4/h5-16H,1-2H2,3-4H3;4-8H,1-3H3;7-8H,1-2H2,3-6H3;1-6H3;4H,1H2,2-3H3;1-4H3;1-3H3. The number of halogens is 2. The summed E-state index contributed by atoms with van der Waals surface area (Å²) in [5.74, 6) is 0. The van der Waals surface area contributed by atoms with E-state index in [2.05, 4.69) is 237 Å². The maximum absolute atomic E-state index is 6.74. The molecule has 69 heavy (non-hydrogen) atoms. The van der Waals surface area contributed by atoms with Crippen LogP contribution in [-0.4, -0.2) is 95.5 Å². The van der Waals surface area contributed by atoms with Gasteiger partial charge >= 0.3 is 0 Å². The van der Waals surface area contributed by atoms with E-state index in [1.54, 1.807) is 14.2 Å². The monoisotopic (exact) mass is 1160 g/mol. The summed E-state index contributed by atoms with van der Waals surface area (Å²) >= 11 is 11.4. The van der Waals surface area contributed by atoms with Crippen LogP contribution in [0.5, 0.6) is 0 Å². The van der Waals surface area contributed by atoms with Crippen molar-refractivity contribution in [1.82, 2.24) is 0 Å². The van der Waals surface area contributed by atoms with Gasteiger partial charge in [-0.05, 0) is 127 Å². The van der Waals surface area contributed by atoms with E-state index < -0.39 is 81.3 Å². The summed E-state index contributed by atoms with van der Waals surface area (Å²) in [4.78, 5) is 0. The van der Waals surface area contributed by atoms with Crippen molar-refractivity contribution in [2.75, 3.05) is 14.2 Å². The van der Waals surface area contributed by atoms with Crippen molar-refractivity contribution in [1.29, 1.82) is 0 Å². The van der Waals surface area contributed by atoms with E-state index in [9.17, 15) is 0 Å². The van der Waals surface area contributed by atoms with Crippen molar-refractivity contribution >= 4 is 119 Å². The zero-order chi connectivity index (χ0) is 55.4. The lowest BCUT2D eigenvalue weighted by Gasteiger charge is -2.35. The van der Waals surface area contributed by atoms with Crippen molar-refractivity contribution in [2.45, 2.75) is 144 Å². The molecule has 3 aromatic carbocycles. The van der Waals surface area contributed by atoms with Gasteiger partial charge < -0.3 is 21.2 Å². The lowest BCUT2D eigenvalue weighted by molar-refractivity contribution is 0.411. The summed E-state index contributed by atoms with van der Waals surface area (Å²) in [5, 5.41) is 3.84. The highest BCUT2D eigenvalue weighted by Crippen LogP contribution is 2.18. The average Bonchev–Trinajstić information content (AvgIpc) is 3.23. The van der Waals surface area contributed by atoms with Crippen LogP contribution in [0.2, 0.25) is 144 Å². The molecule has 0 radical (unpaired) electrons. The van der Waals surface area contributed by atoms with Gasteiger partial charge in [0.15, 0.2) is 49.0 Å². The zero-order valence-electron chi connectivity index (χ0n) is 48.4. The Morgan fingerprint density at radius 1 is 0.348 bits per heavy atom. The lowest BCUT2D eigenvalue weighted by Crippen LogP contribution is -2.59. The van der Waals surface area contributed by atoms with Crippen LogP contribution < -0.4 is 15.6 Å². The second kappa shape index (κ2) is 33.7. The van der Waals surface area contributed by atoms with Crippen molar-refractivity contribution in [3.05, 3.63) is 152 Å². The topological polar surface area (TPSA) is 46.2 Å². The van der Waals surface area contributed by atoms with E-state index in [0.29, 0.717) is 0 Å². The largest absolute Gasteiger partial charge is 0.456 e. The predicted molar refractivity (Wildman–Crippen MR) is 345 cm³/mol. The third kappa shape index (κ3) is 44.1. The molecule has 0 spiro atoms. The summed E-state index contributed by atoms with van der Waals surface area (Å²) in [5.41, 5.74) is 9.80. The zero-order valence-corrected chi connectivity index (χ0v) is 59.9. The van der Waals surface area contributed by atoms with Crippen LogP contribution in [0.15, 0.2) is 152 Å². The normalized spacial score (nSPS) is 13.6. The molecule has 0 aromatic heterocycles. The van der Waals surface area contributed by atoms with E-state index >= 15 is 0 Å². The summed E-state index contributed by atoms with van der Waals surface area (Å²) in [6, 6.07) is 31.3. The van der Waals surface area contributed by atoms with E-state index in [1.807, 2.05) is 59.8 Å². The van der Waals surface area contributed by atoms with Crippen LogP contribution in [0.1, 0.15) is 0 Å². The van der Waals surface area contributed by atoms with Gasteiger partial charge in [-0.2, -0.15) is 22.2 Å². The smallest absolute Gasteiger partial charge is 0.234 e. The van der Waals surface area contributed by atoms with Crippen LogP contribution in [0.25, 0.3) is 0 Å². The fraction of sp³-hybridized carbons (Fsp3) is 0.462. The number of hydrogen-bond acceptors (Lipinski definition) is 5. The summed E-state index contributed by atoms with van der Waals surface area (Å²) in [6.07, 6.45) is 0. The Hall–Kier alpha value is -1.09. The van der Waals surface area contributed by atoms with E-state index in [-0.39, 0.29) is 0 Å². The van der Waals surface area contributed by atoms with Crippen LogP contribution in [0.3, 0.4) is 0 Å². The Bertz CT molecular complexity index is 1760. The molecule has 0 heterocycles. The molecule has 5 nitrogen and oxygen atoms in total. The molecule has 3 aromatic rings. The Morgan fingerprint density at radius 2 is 0.594 bits per heavy atom. The summed E-state index contributed by atoms with van der Waals surface area (Å²) < 4.78 is 29.1. The molecule has 0 bridgehead atoms. The SMILES string of the molecule is C=C[Si](C)(C)Cl.C=C[Si](C)(C)O[Si](C)(C)C=C.C=C[Si](C)(O[Si](C)(C=C)c1ccccc1)c1ccccc1.CO[Si](C)(C)C.CO[Si](C)(C)c1ccccc1.C[Si](C)(C)Cl.C[Si](C)(C)O[Si](C)(C)C. The molecule has 2 unspecified atom stereocenters. The van der Waals surface area contributed by atoms with Gasteiger partial charge in [0.05, 0.1) is 0 Å².